The largest absolute Gasteiger partial charge is 0.354 e. The summed E-state index contributed by atoms with van der Waals surface area (Å²) in [6.07, 6.45) is 0.139. The van der Waals surface area contributed by atoms with Gasteiger partial charge in [0.2, 0.25) is 17.6 Å². The maximum atomic E-state index is 13.3. The standard InChI is InChI=1S/C24H26N6O3S/c1-15(2)25-20(31)11-12-29-22(33)18-13-16(3)9-10-19(18)30-23(29)27-28-24(30)34-14-21(32)26-17-7-5-4-6-8-17/h4-10,13,15H,11-12,14H2,1-3H3,(H,25,31)(H,26,32). The first-order chi connectivity index (χ1) is 16.3. The Labute approximate surface area is 200 Å². The lowest BCUT2D eigenvalue weighted by Crippen LogP contribution is -2.32. The number of thioether (sulfide) groups is 1. The number of carbonyl (C=O) groups excluding carboxylic acids is 2. The molecule has 0 atom stereocenters. The highest BCUT2D eigenvalue weighted by Gasteiger charge is 2.18. The zero-order valence-corrected chi connectivity index (χ0v) is 20.1. The van der Waals surface area contributed by atoms with Crippen molar-refractivity contribution in [2.24, 2.45) is 0 Å². The van der Waals surface area contributed by atoms with Gasteiger partial charge in [0.05, 0.1) is 16.7 Å². The number of hydrogen-bond donors (Lipinski definition) is 2. The average molecular weight is 479 g/mol. The van der Waals surface area contributed by atoms with E-state index in [1.165, 1.54) is 16.3 Å². The normalized spacial score (nSPS) is 11.3. The fourth-order valence-corrected chi connectivity index (χ4v) is 4.39. The number of rotatable bonds is 8. The lowest BCUT2D eigenvalue weighted by molar-refractivity contribution is -0.121. The molecule has 0 unspecified atom stereocenters. The van der Waals surface area contributed by atoms with E-state index in [2.05, 4.69) is 20.8 Å². The smallest absolute Gasteiger partial charge is 0.262 e. The van der Waals surface area contributed by atoms with Crippen LogP contribution in [-0.4, -0.2) is 42.8 Å². The third-order valence-corrected chi connectivity index (χ3v) is 6.06. The molecular weight excluding hydrogens is 452 g/mol. The van der Waals surface area contributed by atoms with E-state index in [-0.39, 0.29) is 42.1 Å². The molecule has 0 aliphatic rings. The average Bonchev–Trinajstić information content (AvgIpc) is 3.21. The molecule has 0 fully saturated rings. The molecule has 2 amide bonds. The number of nitrogens with one attached hydrogen (secondary N) is 2. The Morgan fingerprint density at radius 1 is 1.06 bits per heavy atom. The number of fused-ring (bicyclic) bond motifs is 3. The summed E-state index contributed by atoms with van der Waals surface area (Å²) in [7, 11) is 0. The minimum Gasteiger partial charge on any atom is -0.354 e. The van der Waals surface area contributed by atoms with Crippen molar-refractivity contribution in [3.8, 4) is 0 Å². The lowest BCUT2D eigenvalue weighted by Gasteiger charge is -2.13. The number of aryl methyl sites for hydroxylation is 2. The number of nitrogens with zero attached hydrogens (tertiary/aromatic N) is 4. The summed E-state index contributed by atoms with van der Waals surface area (Å²) in [5, 5.41) is 15.2. The molecule has 2 aromatic heterocycles. The highest BCUT2D eigenvalue weighted by molar-refractivity contribution is 7.99. The van der Waals surface area contributed by atoms with Crippen LogP contribution < -0.4 is 16.2 Å². The first-order valence-electron chi connectivity index (χ1n) is 11.0. The predicted molar refractivity (Wildman–Crippen MR) is 133 cm³/mol. The van der Waals surface area contributed by atoms with Gasteiger partial charge in [-0.25, -0.2) is 0 Å². The molecule has 0 saturated heterocycles. The number of aromatic nitrogens is 4. The van der Waals surface area contributed by atoms with Gasteiger partial charge in [-0.3, -0.25) is 23.4 Å². The van der Waals surface area contributed by atoms with Gasteiger partial charge in [-0.2, -0.15) is 0 Å². The number of anilines is 1. The first kappa shape index (κ1) is 23.5. The molecule has 2 N–H and O–H groups in total. The molecule has 0 saturated carbocycles. The van der Waals surface area contributed by atoms with Crippen molar-refractivity contribution in [3.63, 3.8) is 0 Å². The summed E-state index contributed by atoms with van der Waals surface area (Å²) in [6, 6.07) is 14.8. The Hall–Kier alpha value is -3.66. The van der Waals surface area contributed by atoms with Gasteiger partial charge in [0, 0.05) is 24.7 Å². The van der Waals surface area contributed by atoms with E-state index in [1.807, 2.05) is 69.3 Å². The van der Waals surface area contributed by atoms with Crippen LogP contribution in [0.1, 0.15) is 25.8 Å². The second-order valence-corrected chi connectivity index (χ2v) is 9.21. The van der Waals surface area contributed by atoms with E-state index in [4.69, 9.17) is 0 Å². The zero-order chi connectivity index (χ0) is 24.2. The summed E-state index contributed by atoms with van der Waals surface area (Å²) in [5.41, 5.74) is 2.09. The molecule has 0 aliphatic carbocycles. The maximum Gasteiger partial charge on any atom is 0.262 e. The van der Waals surface area contributed by atoms with Crippen molar-refractivity contribution in [2.45, 2.75) is 44.9 Å². The molecule has 0 aliphatic heterocycles. The lowest BCUT2D eigenvalue weighted by atomic mass is 10.1. The van der Waals surface area contributed by atoms with Crippen LogP contribution in [0.5, 0.6) is 0 Å². The fraction of sp³-hybridized carbons (Fsp3) is 0.292. The number of amides is 2. The van der Waals surface area contributed by atoms with Crippen molar-refractivity contribution >= 4 is 45.9 Å². The Balaban J connectivity index is 1.67. The number of benzene rings is 2. The van der Waals surface area contributed by atoms with Crippen LogP contribution in [0.15, 0.2) is 58.5 Å². The molecule has 34 heavy (non-hydrogen) atoms. The predicted octanol–water partition coefficient (Wildman–Crippen LogP) is 3.00. The van der Waals surface area contributed by atoms with Gasteiger partial charge in [0.1, 0.15) is 0 Å². The van der Waals surface area contributed by atoms with Gasteiger partial charge in [-0.15, -0.1) is 10.2 Å². The molecule has 0 bridgehead atoms. The van der Waals surface area contributed by atoms with E-state index < -0.39 is 0 Å². The van der Waals surface area contributed by atoms with Crippen molar-refractivity contribution in [2.75, 3.05) is 11.1 Å². The van der Waals surface area contributed by atoms with Crippen molar-refractivity contribution in [1.82, 2.24) is 24.5 Å². The highest BCUT2D eigenvalue weighted by atomic mass is 32.2. The van der Waals surface area contributed by atoms with E-state index in [1.54, 1.807) is 4.40 Å². The molecule has 10 heteroatoms. The SMILES string of the molecule is Cc1ccc2c(c1)c(=O)n(CCC(=O)NC(C)C)c1nnc(SCC(=O)Nc3ccccc3)n21. The molecule has 0 spiro atoms. The Kier molecular flexibility index (Phi) is 6.97. The zero-order valence-electron chi connectivity index (χ0n) is 19.2. The Morgan fingerprint density at radius 2 is 1.82 bits per heavy atom. The number of carbonyl (C=O) groups is 2. The van der Waals surface area contributed by atoms with Gasteiger partial charge in [0.25, 0.3) is 5.56 Å². The van der Waals surface area contributed by atoms with E-state index in [0.29, 0.717) is 27.5 Å². The van der Waals surface area contributed by atoms with Crippen LogP contribution in [0.25, 0.3) is 16.7 Å². The second-order valence-electron chi connectivity index (χ2n) is 8.27. The minimum absolute atomic E-state index is 0.0154. The summed E-state index contributed by atoms with van der Waals surface area (Å²) in [6.45, 7) is 5.86. The van der Waals surface area contributed by atoms with Crippen molar-refractivity contribution < 1.29 is 9.59 Å². The van der Waals surface area contributed by atoms with Crippen LogP contribution in [0.4, 0.5) is 5.69 Å². The monoisotopic (exact) mass is 478 g/mol. The Morgan fingerprint density at radius 3 is 2.56 bits per heavy atom. The first-order valence-corrected chi connectivity index (χ1v) is 12.0. The molecule has 176 valence electrons. The van der Waals surface area contributed by atoms with Gasteiger partial charge < -0.3 is 10.6 Å². The minimum atomic E-state index is -0.227. The topological polar surface area (TPSA) is 110 Å². The van der Waals surface area contributed by atoms with E-state index >= 15 is 0 Å². The van der Waals surface area contributed by atoms with E-state index in [9.17, 15) is 14.4 Å². The summed E-state index contributed by atoms with van der Waals surface area (Å²) >= 11 is 1.23. The van der Waals surface area contributed by atoms with E-state index in [0.717, 1.165) is 5.56 Å². The van der Waals surface area contributed by atoms with Crippen LogP contribution in [-0.2, 0) is 16.1 Å². The summed E-state index contributed by atoms with van der Waals surface area (Å²) in [5.74, 6) is 0.145. The quantitative estimate of drug-likeness (QED) is 0.377. The summed E-state index contributed by atoms with van der Waals surface area (Å²) < 4.78 is 3.25. The molecular formula is C24H26N6O3S. The molecule has 2 aromatic carbocycles. The fourth-order valence-electron chi connectivity index (χ4n) is 3.65. The van der Waals surface area contributed by atoms with Crippen molar-refractivity contribution in [1.29, 1.82) is 0 Å². The Bertz CT molecular complexity index is 1410. The van der Waals surface area contributed by atoms with Gasteiger partial charge >= 0.3 is 0 Å². The third-order valence-electron chi connectivity index (χ3n) is 5.13. The molecule has 9 nitrogen and oxygen atoms in total. The maximum absolute atomic E-state index is 13.3. The third kappa shape index (κ3) is 5.12. The van der Waals surface area contributed by atoms with Crippen LogP contribution in [0.3, 0.4) is 0 Å². The van der Waals surface area contributed by atoms with Gasteiger partial charge in [0.15, 0.2) is 5.16 Å². The van der Waals surface area contributed by atoms with Crippen LogP contribution in [0, 0.1) is 6.92 Å². The molecule has 2 heterocycles. The van der Waals surface area contributed by atoms with Crippen LogP contribution >= 0.6 is 11.8 Å². The van der Waals surface area contributed by atoms with Gasteiger partial charge in [-0.1, -0.05) is 41.6 Å². The second kappa shape index (κ2) is 10.1. The highest BCUT2D eigenvalue weighted by Crippen LogP contribution is 2.22. The molecule has 4 aromatic rings. The van der Waals surface area contributed by atoms with Crippen molar-refractivity contribution in [3.05, 3.63) is 64.4 Å². The number of hydrogen-bond acceptors (Lipinski definition) is 6. The van der Waals surface area contributed by atoms with Gasteiger partial charge in [-0.05, 0) is 45.0 Å². The van der Waals surface area contributed by atoms with Crippen LogP contribution in [0.2, 0.25) is 0 Å². The summed E-state index contributed by atoms with van der Waals surface area (Å²) in [4.78, 5) is 37.9. The molecule has 4 rings (SSSR count). The molecule has 0 radical (unpaired) electrons. The number of para-hydroxylation sites is 1.